The Morgan fingerprint density at radius 2 is 1.95 bits per heavy atom. The number of nitrogen functional groups attached to an aromatic ring is 1. The molecular weight excluding hydrogens is 276 g/mol. The molecule has 1 aliphatic rings. The Labute approximate surface area is 130 Å². The zero-order valence-corrected chi connectivity index (χ0v) is 13.1. The highest BCUT2D eigenvalue weighted by molar-refractivity contribution is 5.93. The summed E-state index contributed by atoms with van der Waals surface area (Å²) in [6.07, 6.45) is 2.54. The first-order valence-electron chi connectivity index (χ1n) is 8.08. The van der Waals surface area contributed by atoms with Gasteiger partial charge in [-0.05, 0) is 51.1 Å². The van der Waals surface area contributed by atoms with Crippen LogP contribution in [0.15, 0.2) is 29.1 Å². The van der Waals surface area contributed by atoms with Gasteiger partial charge < -0.3 is 20.5 Å². The smallest absolute Gasteiger partial charge is 0.253 e. The van der Waals surface area contributed by atoms with Crippen molar-refractivity contribution < 1.29 is 0 Å². The number of aromatic nitrogens is 1. The normalized spacial score (nSPS) is 15.5. The van der Waals surface area contributed by atoms with Gasteiger partial charge in [0.25, 0.3) is 5.56 Å². The van der Waals surface area contributed by atoms with Crippen LogP contribution in [-0.4, -0.2) is 35.6 Å². The first-order valence-corrected chi connectivity index (χ1v) is 8.08. The molecule has 1 fully saturated rings. The molecule has 0 unspecified atom stereocenters. The van der Waals surface area contributed by atoms with Crippen LogP contribution in [0.2, 0.25) is 0 Å². The van der Waals surface area contributed by atoms with E-state index in [0.717, 1.165) is 55.0 Å². The summed E-state index contributed by atoms with van der Waals surface area (Å²) < 4.78 is 1.87. The molecule has 0 atom stereocenters. The lowest BCUT2D eigenvalue weighted by molar-refractivity contribution is 0.323. The van der Waals surface area contributed by atoms with Gasteiger partial charge >= 0.3 is 0 Å². The summed E-state index contributed by atoms with van der Waals surface area (Å²) in [6.45, 7) is 6.76. The number of nitrogens with zero attached hydrogens (tertiary/aromatic N) is 2. The van der Waals surface area contributed by atoms with Crippen LogP contribution in [0.3, 0.4) is 0 Å². The highest BCUT2D eigenvalue weighted by atomic mass is 16.1. The van der Waals surface area contributed by atoms with E-state index in [1.54, 1.807) is 6.07 Å². The Balaban J connectivity index is 1.99. The molecule has 0 amide bonds. The molecule has 0 bridgehead atoms. The van der Waals surface area contributed by atoms with Crippen molar-refractivity contribution in [1.29, 1.82) is 0 Å². The lowest BCUT2D eigenvalue weighted by Crippen LogP contribution is -2.29. The van der Waals surface area contributed by atoms with E-state index in [1.807, 2.05) is 29.7 Å². The van der Waals surface area contributed by atoms with Crippen molar-refractivity contribution in [2.45, 2.75) is 26.3 Å². The van der Waals surface area contributed by atoms with Crippen LogP contribution < -0.4 is 16.6 Å². The maximum Gasteiger partial charge on any atom is 0.253 e. The molecule has 1 aliphatic heterocycles. The summed E-state index contributed by atoms with van der Waals surface area (Å²) in [5, 5.41) is 4.28. The fraction of sp³-hybridized carbons (Fsp3) is 0.471. The van der Waals surface area contributed by atoms with Crippen LogP contribution >= 0.6 is 0 Å². The van der Waals surface area contributed by atoms with E-state index in [9.17, 15) is 4.79 Å². The van der Waals surface area contributed by atoms with E-state index >= 15 is 0 Å². The molecular formula is C17H24N4O. The number of hydrogen-bond acceptors (Lipinski definition) is 4. The number of nitrogens with two attached hydrogens (primary N) is 1. The van der Waals surface area contributed by atoms with E-state index < -0.39 is 0 Å². The summed E-state index contributed by atoms with van der Waals surface area (Å²) in [6, 6.07) is 7.45. The average Bonchev–Trinajstić information content (AvgIpc) is 3.01. The third-order valence-corrected chi connectivity index (χ3v) is 4.34. The molecule has 2 heterocycles. The van der Waals surface area contributed by atoms with Crippen LogP contribution in [-0.2, 0) is 6.54 Å². The molecule has 118 valence electrons. The quantitative estimate of drug-likeness (QED) is 0.830. The van der Waals surface area contributed by atoms with Gasteiger partial charge in [-0.15, -0.1) is 0 Å². The van der Waals surface area contributed by atoms with Crippen molar-refractivity contribution in [1.82, 2.24) is 9.47 Å². The van der Waals surface area contributed by atoms with Crippen LogP contribution in [0, 0.1) is 0 Å². The third-order valence-electron chi connectivity index (χ3n) is 4.34. The standard InChI is InChI=1S/C17H24N4O/c1-2-19-15-12-17(22)21(10-9-20-7-3-4-8-20)16-6-5-13(18)11-14(15)16/h5-6,11-12,19H,2-4,7-10,18H2,1H3. The number of rotatable bonds is 5. The Kier molecular flexibility index (Phi) is 4.34. The summed E-state index contributed by atoms with van der Waals surface area (Å²) in [5.41, 5.74) is 8.52. The third kappa shape index (κ3) is 2.95. The fourth-order valence-corrected chi connectivity index (χ4v) is 3.22. The summed E-state index contributed by atoms with van der Waals surface area (Å²) in [7, 11) is 0. The summed E-state index contributed by atoms with van der Waals surface area (Å²) in [5.74, 6) is 0. The molecule has 3 rings (SSSR count). The van der Waals surface area contributed by atoms with E-state index in [1.165, 1.54) is 12.8 Å². The second-order valence-corrected chi connectivity index (χ2v) is 5.90. The van der Waals surface area contributed by atoms with Gasteiger partial charge in [0.1, 0.15) is 0 Å². The number of hydrogen-bond donors (Lipinski definition) is 2. The molecule has 0 spiro atoms. The molecule has 5 nitrogen and oxygen atoms in total. The highest BCUT2D eigenvalue weighted by Crippen LogP contribution is 2.24. The number of likely N-dealkylation sites (tertiary alicyclic amines) is 1. The van der Waals surface area contributed by atoms with Gasteiger partial charge in [0.15, 0.2) is 0 Å². The minimum atomic E-state index is 0.0485. The van der Waals surface area contributed by atoms with Gasteiger partial charge in [0.05, 0.1) is 5.52 Å². The van der Waals surface area contributed by atoms with Gasteiger partial charge in [-0.1, -0.05) is 0 Å². The van der Waals surface area contributed by atoms with E-state index in [0.29, 0.717) is 0 Å². The van der Waals surface area contributed by atoms with E-state index in [2.05, 4.69) is 10.2 Å². The largest absolute Gasteiger partial charge is 0.399 e. The molecule has 5 heteroatoms. The molecule has 3 N–H and O–H groups in total. The Bertz CT molecular complexity index is 716. The highest BCUT2D eigenvalue weighted by Gasteiger charge is 2.13. The topological polar surface area (TPSA) is 63.3 Å². The molecule has 0 saturated carbocycles. The van der Waals surface area contributed by atoms with E-state index in [-0.39, 0.29) is 5.56 Å². The van der Waals surface area contributed by atoms with E-state index in [4.69, 9.17) is 5.73 Å². The first-order chi connectivity index (χ1) is 10.7. The second kappa shape index (κ2) is 6.40. The van der Waals surface area contributed by atoms with Crippen LogP contribution in [0.1, 0.15) is 19.8 Å². The Morgan fingerprint density at radius 1 is 1.18 bits per heavy atom. The predicted molar refractivity (Wildman–Crippen MR) is 92.5 cm³/mol. The summed E-state index contributed by atoms with van der Waals surface area (Å²) >= 11 is 0. The van der Waals surface area contributed by atoms with Crippen molar-refractivity contribution in [3.63, 3.8) is 0 Å². The van der Waals surface area contributed by atoms with Crippen LogP contribution in [0.4, 0.5) is 11.4 Å². The minimum absolute atomic E-state index is 0.0485. The number of fused-ring (bicyclic) bond motifs is 1. The lowest BCUT2D eigenvalue weighted by Gasteiger charge is -2.18. The number of benzene rings is 1. The average molecular weight is 300 g/mol. The van der Waals surface area contributed by atoms with Crippen LogP contribution in [0.25, 0.3) is 10.9 Å². The van der Waals surface area contributed by atoms with Crippen LogP contribution in [0.5, 0.6) is 0 Å². The van der Waals surface area contributed by atoms with Gasteiger partial charge in [-0.25, -0.2) is 0 Å². The number of anilines is 2. The molecule has 1 aromatic carbocycles. The first kappa shape index (κ1) is 14.9. The van der Waals surface area contributed by atoms with Crippen molar-refractivity contribution in [2.24, 2.45) is 0 Å². The van der Waals surface area contributed by atoms with Gasteiger partial charge in [0.2, 0.25) is 0 Å². The van der Waals surface area contributed by atoms with Gasteiger partial charge in [-0.3, -0.25) is 4.79 Å². The minimum Gasteiger partial charge on any atom is -0.399 e. The van der Waals surface area contributed by atoms with Gasteiger partial charge in [0, 0.05) is 42.5 Å². The zero-order valence-electron chi connectivity index (χ0n) is 13.1. The van der Waals surface area contributed by atoms with Gasteiger partial charge in [-0.2, -0.15) is 0 Å². The van der Waals surface area contributed by atoms with Crippen molar-refractivity contribution in [2.75, 3.05) is 37.2 Å². The van der Waals surface area contributed by atoms with Crippen molar-refractivity contribution >= 4 is 22.3 Å². The Morgan fingerprint density at radius 3 is 2.68 bits per heavy atom. The number of nitrogens with one attached hydrogen (secondary N) is 1. The molecule has 2 aromatic rings. The molecule has 1 aromatic heterocycles. The molecule has 0 aliphatic carbocycles. The predicted octanol–water partition coefficient (Wildman–Crippen LogP) is 2.11. The molecule has 22 heavy (non-hydrogen) atoms. The van der Waals surface area contributed by atoms with Crippen molar-refractivity contribution in [3.05, 3.63) is 34.6 Å². The second-order valence-electron chi connectivity index (χ2n) is 5.90. The lowest BCUT2D eigenvalue weighted by atomic mass is 10.1. The molecule has 0 radical (unpaired) electrons. The SMILES string of the molecule is CCNc1cc(=O)n(CCN2CCCC2)c2ccc(N)cc12. The molecule has 1 saturated heterocycles. The maximum absolute atomic E-state index is 12.5. The fourth-order valence-electron chi connectivity index (χ4n) is 3.22. The summed E-state index contributed by atoms with van der Waals surface area (Å²) in [4.78, 5) is 14.9. The monoisotopic (exact) mass is 300 g/mol. The zero-order chi connectivity index (χ0) is 15.5. The number of pyridine rings is 1. The Hall–Kier alpha value is -2.01. The maximum atomic E-state index is 12.5. The van der Waals surface area contributed by atoms with Crippen molar-refractivity contribution in [3.8, 4) is 0 Å².